The molecule has 152 valence electrons. The Morgan fingerprint density at radius 3 is 2.68 bits per heavy atom. The number of hydrogen-bond donors (Lipinski definition) is 1. The second-order valence-corrected chi connectivity index (χ2v) is 9.65. The number of benzene rings is 1. The largest absolute Gasteiger partial charge is 0.334 e. The van der Waals surface area contributed by atoms with E-state index in [9.17, 15) is 13.2 Å². The van der Waals surface area contributed by atoms with Crippen molar-refractivity contribution in [1.82, 2.24) is 13.9 Å². The minimum atomic E-state index is -3.71. The van der Waals surface area contributed by atoms with Gasteiger partial charge in [0, 0.05) is 31.0 Å². The molecule has 7 nitrogen and oxygen atoms in total. The van der Waals surface area contributed by atoms with Gasteiger partial charge in [-0.1, -0.05) is 17.7 Å². The number of nitrogens with one attached hydrogen (secondary N) is 1. The van der Waals surface area contributed by atoms with E-state index in [0.29, 0.717) is 19.4 Å². The topological polar surface area (TPSA) is 84.3 Å². The highest BCUT2D eigenvalue weighted by Gasteiger charge is 2.34. The minimum Gasteiger partial charge on any atom is -0.334 e. The van der Waals surface area contributed by atoms with E-state index in [-0.39, 0.29) is 29.4 Å². The fourth-order valence-corrected chi connectivity index (χ4v) is 4.87. The molecule has 0 unspecified atom stereocenters. The van der Waals surface area contributed by atoms with Crippen LogP contribution in [0.15, 0.2) is 35.7 Å². The van der Waals surface area contributed by atoms with E-state index in [4.69, 9.17) is 0 Å². The number of carbonyl (C=O) groups excluding carboxylic acids is 1. The molecule has 0 aliphatic carbocycles. The summed E-state index contributed by atoms with van der Waals surface area (Å²) in [6.07, 6.45) is 4.41. The summed E-state index contributed by atoms with van der Waals surface area (Å²) in [5.74, 6) is -0.518. The number of aromatic nitrogens is 2. The van der Waals surface area contributed by atoms with Crippen LogP contribution in [0.2, 0.25) is 0 Å². The Hall–Kier alpha value is -2.19. The van der Waals surface area contributed by atoms with Crippen molar-refractivity contribution in [3.8, 4) is 0 Å². The summed E-state index contributed by atoms with van der Waals surface area (Å²) in [4.78, 5) is 16.8. The maximum atomic E-state index is 13.0. The summed E-state index contributed by atoms with van der Waals surface area (Å²) in [7, 11) is -3.71. The molecule has 1 N–H and O–H groups in total. The lowest BCUT2D eigenvalue weighted by atomic mass is 9.98. The minimum absolute atomic E-state index is 0.0386. The zero-order valence-electron chi connectivity index (χ0n) is 16.8. The number of nitrogens with zero attached hydrogens (tertiary/aromatic N) is 3. The van der Waals surface area contributed by atoms with Crippen LogP contribution in [0.4, 0.5) is 5.69 Å². The number of rotatable bonds is 5. The first-order valence-corrected chi connectivity index (χ1v) is 11.0. The van der Waals surface area contributed by atoms with Crippen LogP contribution in [0.1, 0.15) is 43.9 Å². The van der Waals surface area contributed by atoms with Gasteiger partial charge in [0.05, 0.1) is 12.2 Å². The Bertz CT molecular complexity index is 966. The summed E-state index contributed by atoms with van der Waals surface area (Å²) in [5.41, 5.74) is 2.89. The summed E-state index contributed by atoms with van der Waals surface area (Å²) in [5, 5.41) is 3.00. The van der Waals surface area contributed by atoms with E-state index in [1.807, 2.05) is 45.9 Å². The summed E-state index contributed by atoms with van der Waals surface area (Å²) in [6, 6.07) is 5.98. The second kappa shape index (κ2) is 8.05. The van der Waals surface area contributed by atoms with Gasteiger partial charge < -0.3 is 9.88 Å². The summed E-state index contributed by atoms with van der Waals surface area (Å²) in [6.45, 7) is 8.46. The third kappa shape index (κ3) is 4.28. The van der Waals surface area contributed by atoms with Crippen LogP contribution in [0.25, 0.3) is 0 Å². The average Bonchev–Trinajstić information content (AvgIpc) is 3.15. The number of anilines is 1. The molecule has 2 heterocycles. The number of piperidine rings is 1. The van der Waals surface area contributed by atoms with E-state index in [1.54, 1.807) is 10.8 Å². The molecule has 1 aliphatic heterocycles. The maximum absolute atomic E-state index is 13.0. The second-order valence-electron chi connectivity index (χ2n) is 7.76. The third-order valence-corrected chi connectivity index (χ3v) is 6.92. The number of sulfonamides is 1. The first-order valence-electron chi connectivity index (χ1n) is 9.60. The molecule has 0 saturated carbocycles. The molecular formula is C20H28N4O3S. The van der Waals surface area contributed by atoms with Crippen LogP contribution in [-0.2, 0) is 14.8 Å². The molecule has 1 aromatic carbocycles. The SMILES string of the molecule is Cc1ccc(NC(=O)[C@H]2CCCN(S(=O)(=O)c3cn(C(C)C)cn3)C2)c(C)c1. The van der Waals surface area contributed by atoms with Crippen molar-refractivity contribution in [3.05, 3.63) is 41.9 Å². The van der Waals surface area contributed by atoms with Gasteiger partial charge >= 0.3 is 0 Å². The summed E-state index contributed by atoms with van der Waals surface area (Å²) >= 11 is 0. The van der Waals surface area contributed by atoms with Gasteiger partial charge in [0.15, 0.2) is 5.03 Å². The van der Waals surface area contributed by atoms with Crippen molar-refractivity contribution in [2.75, 3.05) is 18.4 Å². The molecule has 3 rings (SSSR count). The van der Waals surface area contributed by atoms with Gasteiger partial charge in [-0.2, -0.15) is 4.31 Å². The highest BCUT2D eigenvalue weighted by Crippen LogP contribution is 2.25. The molecule has 1 aliphatic rings. The molecule has 2 aromatic rings. The van der Waals surface area contributed by atoms with Gasteiger partial charge in [-0.15, -0.1) is 0 Å². The van der Waals surface area contributed by atoms with E-state index in [0.717, 1.165) is 16.8 Å². The van der Waals surface area contributed by atoms with Crippen LogP contribution in [0, 0.1) is 19.8 Å². The smallest absolute Gasteiger partial charge is 0.262 e. The van der Waals surface area contributed by atoms with Crippen molar-refractivity contribution in [3.63, 3.8) is 0 Å². The van der Waals surface area contributed by atoms with E-state index >= 15 is 0 Å². The Balaban J connectivity index is 1.72. The number of hydrogen-bond acceptors (Lipinski definition) is 4. The van der Waals surface area contributed by atoms with Crippen molar-refractivity contribution in [2.45, 2.75) is 51.6 Å². The fourth-order valence-electron chi connectivity index (χ4n) is 3.43. The van der Waals surface area contributed by atoms with Crippen LogP contribution < -0.4 is 5.32 Å². The first-order chi connectivity index (χ1) is 13.2. The molecule has 0 spiro atoms. The average molecular weight is 405 g/mol. The van der Waals surface area contributed by atoms with Crippen LogP contribution in [0.3, 0.4) is 0 Å². The lowest BCUT2D eigenvalue weighted by Crippen LogP contribution is -2.43. The Kier molecular flexibility index (Phi) is 5.90. The molecule has 28 heavy (non-hydrogen) atoms. The molecule has 8 heteroatoms. The third-order valence-electron chi connectivity index (χ3n) is 5.17. The van der Waals surface area contributed by atoms with Gasteiger partial charge in [0.1, 0.15) is 0 Å². The molecule has 0 bridgehead atoms. The molecule has 1 aromatic heterocycles. The molecule has 1 saturated heterocycles. The van der Waals surface area contributed by atoms with Crippen LogP contribution >= 0.6 is 0 Å². The summed E-state index contributed by atoms with van der Waals surface area (Å²) < 4.78 is 29.1. The molecular weight excluding hydrogens is 376 g/mol. The lowest BCUT2D eigenvalue weighted by Gasteiger charge is -2.30. The maximum Gasteiger partial charge on any atom is 0.262 e. The van der Waals surface area contributed by atoms with Gasteiger partial charge in [-0.25, -0.2) is 13.4 Å². The molecule has 1 fully saturated rings. The molecule has 0 radical (unpaired) electrons. The fraction of sp³-hybridized carbons (Fsp3) is 0.500. The van der Waals surface area contributed by atoms with E-state index < -0.39 is 10.0 Å². The zero-order valence-corrected chi connectivity index (χ0v) is 17.7. The Morgan fingerprint density at radius 1 is 1.29 bits per heavy atom. The number of amides is 1. The zero-order chi connectivity index (χ0) is 20.5. The van der Waals surface area contributed by atoms with Gasteiger partial charge in [0.25, 0.3) is 10.0 Å². The van der Waals surface area contributed by atoms with Crippen molar-refractivity contribution in [2.24, 2.45) is 5.92 Å². The monoisotopic (exact) mass is 404 g/mol. The molecule has 1 atom stereocenters. The quantitative estimate of drug-likeness (QED) is 0.830. The predicted molar refractivity (Wildman–Crippen MR) is 109 cm³/mol. The van der Waals surface area contributed by atoms with Gasteiger partial charge in [-0.05, 0) is 52.2 Å². The predicted octanol–water partition coefficient (Wildman–Crippen LogP) is 3.12. The Morgan fingerprint density at radius 2 is 2.04 bits per heavy atom. The number of imidazole rings is 1. The van der Waals surface area contributed by atoms with Crippen LogP contribution in [0.5, 0.6) is 0 Å². The van der Waals surface area contributed by atoms with Crippen molar-refractivity contribution < 1.29 is 13.2 Å². The van der Waals surface area contributed by atoms with Gasteiger partial charge in [0.2, 0.25) is 5.91 Å². The first kappa shape index (κ1) is 20.5. The normalized spacial score (nSPS) is 18.4. The number of carbonyl (C=O) groups is 1. The van der Waals surface area contributed by atoms with Crippen molar-refractivity contribution in [1.29, 1.82) is 0 Å². The standard InChI is InChI=1S/C20H28N4O3S/c1-14(2)23-12-19(21-13-23)28(26,27)24-9-5-6-17(11-24)20(25)22-18-8-7-15(3)10-16(18)4/h7-8,10,12-14,17H,5-6,9,11H2,1-4H3,(H,22,25)/t17-/m0/s1. The van der Waals surface area contributed by atoms with Gasteiger partial charge in [-0.3, -0.25) is 4.79 Å². The highest BCUT2D eigenvalue weighted by molar-refractivity contribution is 7.89. The van der Waals surface area contributed by atoms with Crippen LogP contribution in [-0.4, -0.2) is 41.3 Å². The van der Waals surface area contributed by atoms with Crippen molar-refractivity contribution >= 4 is 21.6 Å². The van der Waals surface area contributed by atoms with E-state index in [2.05, 4.69) is 10.3 Å². The highest BCUT2D eigenvalue weighted by atomic mass is 32.2. The Labute approximate surface area is 166 Å². The number of aryl methyl sites for hydroxylation is 2. The van der Waals surface area contributed by atoms with E-state index in [1.165, 1.54) is 10.6 Å². The lowest BCUT2D eigenvalue weighted by molar-refractivity contribution is -0.120. The molecule has 1 amide bonds.